The molecule has 1 aromatic heterocycles. The van der Waals surface area contributed by atoms with Crippen LogP contribution in [0, 0.1) is 0 Å². The molecule has 1 aliphatic carbocycles. The lowest BCUT2D eigenvalue weighted by molar-refractivity contribution is 0.0609. The number of rotatable bonds is 6. The van der Waals surface area contributed by atoms with Gasteiger partial charge < -0.3 is 4.74 Å². The van der Waals surface area contributed by atoms with Crippen molar-refractivity contribution < 1.29 is 4.74 Å². The molecule has 7 nitrogen and oxygen atoms in total. The van der Waals surface area contributed by atoms with Gasteiger partial charge in [-0.25, -0.2) is 4.68 Å². The molecule has 0 spiro atoms. The molecule has 0 radical (unpaired) electrons. The van der Waals surface area contributed by atoms with E-state index in [1.807, 2.05) is 11.6 Å². The first-order valence-corrected chi connectivity index (χ1v) is 12.0. The maximum Gasteiger partial charge on any atom is 0.173 e. The summed E-state index contributed by atoms with van der Waals surface area (Å²) in [5, 5.41) is 12.9. The minimum atomic E-state index is -0.174. The van der Waals surface area contributed by atoms with E-state index in [-0.39, 0.29) is 11.6 Å². The summed E-state index contributed by atoms with van der Waals surface area (Å²) in [6, 6.07) is 9.29. The Kier molecular flexibility index (Phi) is 6.92. The molecule has 1 atom stereocenters. The van der Waals surface area contributed by atoms with Crippen molar-refractivity contribution in [2.24, 2.45) is 0 Å². The summed E-state index contributed by atoms with van der Waals surface area (Å²) < 4.78 is 7.66. The molecule has 0 amide bonds. The second kappa shape index (κ2) is 9.65. The molecule has 170 valence electrons. The molecule has 31 heavy (non-hydrogen) atoms. The number of piperazine rings is 1. The van der Waals surface area contributed by atoms with Gasteiger partial charge in [-0.3, -0.25) is 9.80 Å². The monoisotopic (exact) mass is 426 g/mol. The van der Waals surface area contributed by atoms with Crippen LogP contribution in [0.2, 0.25) is 0 Å². The number of aromatic nitrogens is 4. The molecule has 7 heteroatoms. The lowest BCUT2D eigenvalue weighted by Crippen LogP contribution is -2.52. The molecule has 1 saturated heterocycles. The Morgan fingerprint density at radius 1 is 1.00 bits per heavy atom. The van der Waals surface area contributed by atoms with Gasteiger partial charge >= 0.3 is 0 Å². The van der Waals surface area contributed by atoms with Gasteiger partial charge in [-0.1, -0.05) is 31.4 Å². The van der Waals surface area contributed by atoms with E-state index < -0.39 is 0 Å². The van der Waals surface area contributed by atoms with E-state index in [4.69, 9.17) is 4.74 Å². The Bertz CT molecular complexity index is 813. The zero-order chi connectivity index (χ0) is 21.8. The molecule has 1 saturated carbocycles. The topological polar surface area (TPSA) is 59.3 Å². The second-order valence-electron chi connectivity index (χ2n) is 9.89. The SMILES string of the molecule is CCOc1ccc([C@@H](c2nnnn2C(C)(C)C)N2CCN(C3CCCCC3)CC2)cc1. The van der Waals surface area contributed by atoms with Crippen LogP contribution in [0.15, 0.2) is 24.3 Å². The number of hydrogen-bond acceptors (Lipinski definition) is 6. The van der Waals surface area contributed by atoms with Crippen molar-refractivity contribution in [2.75, 3.05) is 32.8 Å². The second-order valence-corrected chi connectivity index (χ2v) is 9.89. The van der Waals surface area contributed by atoms with Crippen LogP contribution in [0.25, 0.3) is 0 Å². The molecule has 2 fully saturated rings. The van der Waals surface area contributed by atoms with Gasteiger partial charge in [0.25, 0.3) is 0 Å². The molecular weight excluding hydrogens is 388 g/mol. The van der Waals surface area contributed by atoms with E-state index in [1.54, 1.807) is 0 Å². The van der Waals surface area contributed by atoms with Crippen LogP contribution < -0.4 is 4.74 Å². The molecular formula is C24H38N6O. The van der Waals surface area contributed by atoms with E-state index in [0.717, 1.165) is 43.8 Å². The Balaban J connectivity index is 1.58. The maximum absolute atomic E-state index is 5.67. The summed E-state index contributed by atoms with van der Waals surface area (Å²) >= 11 is 0. The molecule has 1 aromatic carbocycles. The van der Waals surface area contributed by atoms with Gasteiger partial charge in [-0.15, -0.1) is 5.10 Å². The van der Waals surface area contributed by atoms with Crippen molar-refractivity contribution in [2.45, 2.75) is 77.4 Å². The van der Waals surface area contributed by atoms with Gasteiger partial charge in [-0.2, -0.15) is 0 Å². The summed E-state index contributed by atoms with van der Waals surface area (Å²) in [4.78, 5) is 5.28. The fraction of sp³-hybridized carbons (Fsp3) is 0.708. The minimum Gasteiger partial charge on any atom is -0.494 e. The molecule has 0 unspecified atom stereocenters. The van der Waals surface area contributed by atoms with Crippen molar-refractivity contribution in [1.82, 2.24) is 30.0 Å². The van der Waals surface area contributed by atoms with Gasteiger partial charge in [0.2, 0.25) is 0 Å². The zero-order valence-corrected chi connectivity index (χ0v) is 19.6. The average molecular weight is 427 g/mol. The van der Waals surface area contributed by atoms with Crippen molar-refractivity contribution in [1.29, 1.82) is 0 Å². The highest BCUT2D eigenvalue weighted by Gasteiger charge is 2.34. The van der Waals surface area contributed by atoms with Crippen molar-refractivity contribution in [3.63, 3.8) is 0 Å². The predicted molar refractivity (Wildman–Crippen MR) is 122 cm³/mol. The summed E-state index contributed by atoms with van der Waals surface area (Å²) in [6.07, 6.45) is 6.92. The minimum absolute atomic E-state index is 0.0402. The third-order valence-corrected chi connectivity index (χ3v) is 6.69. The summed E-state index contributed by atoms with van der Waals surface area (Å²) in [7, 11) is 0. The average Bonchev–Trinajstić information content (AvgIpc) is 3.27. The van der Waals surface area contributed by atoms with Crippen LogP contribution in [0.5, 0.6) is 5.75 Å². The van der Waals surface area contributed by atoms with Crippen molar-refractivity contribution in [3.05, 3.63) is 35.7 Å². The summed E-state index contributed by atoms with van der Waals surface area (Å²) in [6.45, 7) is 13.5. The fourth-order valence-corrected chi connectivity index (χ4v) is 5.09. The van der Waals surface area contributed by atoms with Gasteiger partial charge in [0.15, 0.2) is 5.82 Å². The lowest BCUT2D eigenvalue weighted by Gasteiger charge is -2.43. The Hall–Kier alpha value is -1.99. The van der Waals surface area contributed by atoms with Crippen molar-refractivity contribution >= 4 is 0 Å². The summed E-state index contributed by atoms with van der Waals surface area (Å²) in [5.41, 5.74) is 1.04. The predicted octanol–water partition coefficient (Wildman–Crippen LogP) is 3.87. The third kappa shape index (κ3) is 5.09. The van der Waals surface area contributed by atoms with Crippen molar-refractivity contribution in [3.8, 4) is 5.75 Å². The number of nitrogens with zero attached hydrogens (tertiary/aromatic N) is 6. The fourth-order valence-electron chi connectivity index (χ4n) is 5.09. The van der Waals surface area contributed by atoms with Gasteiger partial charge in [0, 0.05) is 32.2 Å². The van der Waals surface area contributed by atoms with Gasteiger partial charge in [0.05, 0.1) is 18.2 Å². The molecule has 1 aliphatic heterocycles. The van der Waals surface area contributed by atoms with Crippen LogP contribution in [0.4, 0.5) is 0 Å². The molecule has 4 rings (SSSR count). The first-order chi connectivity index (χ1) is 15.0. The normalized spacial score (nSPS) is 20.6. The van der Waals surface area contributed by atoms with Gasteiger partial charge in [-0.05, 0) is 68.7 Å². The van der Waals surface area contributed by atoms with Crippen LogP contribution in [-0.4, -0.2) is 68.8 Å². The summed E-state index contributed by atoms with van der Waals surface area (Å²) in [5.74, 6) is 1.82. The molecule has 2 aliphatic rings. The van der Waals surface area contributed by atoms with E-state index in [0.29, 0.717) is 6.61 Å². The van der Waals surface area contributed by atoms with E-state index in [2.05, 4.69) is 70.4 Å². The first kappa shape index (κ1) is 22.2. The highest BCUT2D eigenvalue weighted by molar-refractivity contribution is 5.32. The zero-order valence-electron chi connectivity index (χ0n) is 19.6. The van der Waals surface area contributed by atoms with Crippen LogP contribution in [0.3, 0.4) is 0 Å². The highest BCUT2D eigenvalue weighted by Crippen LogP contribution is 2.32. The molecule has 0 bridgehead atoms. The third-order valence-electron chi connectivity index (χ3n) is 6.69. The van der Waals surface area contributed by atoms with Crippen LogP contribution in [0.1, 0.15) is 77.2 Å². The Morgan fingerprint density at radius 2 is 1.68 bits per heavy atom. The van der Waals surface area contributed by atoms with Gasteiger partial charge in [0.1, 0.15) is 5.75 Å². The quantitative estimate of drug-likeness (QED) is 0.699. The first-order valence-electron chi connectivity index (χ1n) is 12.0. The van der Waals surface area contributed by atoms with E-state index >= 15 is 0 Å². The van der Waals surface area contributed by atoms with E-state index in [1.165, 1.54) is 37.7 Å². The molecule has 0 N–H and O–H groups in total. The lowest BCUT2D eigenvalue weighted by atomic mass is 9.93. The number of hydrogen-bond donors (Lipinski definition) is 0. The standard InChI is InChI=1S/C24H38N6O/c1-5-31-21-13-11-19(12-14-21)22(23-25-26-27-30(23)24(2,3)4)29-17-15-28(16-18-29)20-9-7-6-8-10-20/h11-14,20,22H,5-10,15-18H2,1-4H3/t22-/m0/s1. The van der Waals surface area contributed by atoms with Crippen LogP contribution in [-0.2, 0) is 5.54 Å². The number of benzene rings is 1. The van der Waals surface area contributed by atoms with E-state index in [9.17, 15) is 0 Å². The smallest absolute Gasteiger partial charge is 0.173 e. The van der Waals surface area contributed by atoms with Crippen LogP contribution >= 0.6 is 0 Å². The number of tetrazole rings is 1. The number of ether oxygens (including phenoxy) is 1. The molecule has 2 aromatic rings. The highest BCUT2D eigenvalue weighted by atomic mass is 16.5. The maximum atomic E-state index is 5.67. The Morgan fingerprint density at radius 3 is 2.29 bits per heavy atom. The Labute approximate surface area is 186 Å². The largest absolute Gasteiger partial charge is 0.494 e. The molecule has 2 heterocycles.